The Morgan fingerprint density at radius 1 is 1.15 bits per heavy atom. The van der Waals surface area contributed by atoms with Crippen LogP contribution in [0.4, 0.5) is 0 Å². The van der Waals surface area contributed by atoms with Gasteiger partial charge >= 0.3 is 0 Å². The predicted molar refractivity (Wildman–Crippen MR) is 55.0 cm³/mol. The summed E-state index contributed by atoms with van der Waals surface area (Å²) in [5.41, 5.74) is 1.18. The molecule has 0 saturated heterocycles. The normalized spacial score (nSPS) is 9.31. The summed E-state index contributed by atoms with van der Waals surface area (Å²) in [7, 11) is 0. The molecule has 0 atom stereocenters. The van der Waals surface area contributed by atoms with E-state index in [2.05, 4.69) is 39.8 Å². The highest BCUT2D eigenvalue weighted by molar-refractivity contribution is 14.1. The topological polar surface area (TPSA) is 19.1 Å². The van der Waals surface area contributed by atoms with Crippen molar-refractivity contribution in [2.75, 3.05) is 0 Å². The molecule has 4 heteroatoms. The predicted octanol–water partition coefficient (Wildman–Crippen LogP) is -1.10. The number of hydrogen-bond acceptors (Lipinski definition) is 0. The van der Waals surface area contributed by atoms with E-state index in [1.807, 2.05) is 35.3 Å². The molecule has 0 spiro atoms. The maximum atomic E-state index is 3.11. The van der Waals surface area contributed by atoms with Crippen LogP contribution in [-0.2, 0) is 0 Å². The van der Waals surface area contributed by atoms with Gasteiger partial charge in [0.25, 0.3) is 0 Å². The number of para-hydroxylation sites is 1. The molecular weight excluding hydrogens is 390 g/mol. The van der Waals surface area contributed by atoms with Crippen molar-refractivity contribution >= 4 is 22.6 Å². The fraction of sp³-hybridized carbons (Fsp3) is 0. The molecule has 0 aliphatic rings. The zero-order valence-corrected chi connectivity index (χ0v) is 11.1. The lowest BCUT2D eigenvalue weighted by Gasteiger charge is -1.98. The van der Waals surface area contributed by atoms with Crippen LogP contribution in [0.25, 0.3) is 5.69 Å². The van der Waals surface area contributed by atoms with Gasteiger partial charge < -0.3 is 24.0 Å². The number of rotatable bonds is 1. The molecule has 0 amide bonds. The van der Waals surface area contributed by atoms with Crippen molar-refractivity contribution in [3.8, 4) is 5.69 Å². The third-order valence-corrected chi connectivity index (χ3v) is 2.57. The highest BCUT2D eigenvalue weighted by Crippen LogP contribution is 2.13. The van der Waals surface area contributed by atoms with Gasteiger partial charge in [-0.25, -0.2) is 0 Å². The van der Waals surface area contributed by atoms with Gasteiger partial charge in [0.15, 0.2) is 6.20 Å². The molecule has 1 aromatic heterocycles. The van der Waals surface area contributed by atoms with Crippen molar-refractivity contribution in [1.82, 2.24) is 4.68 Å². The van der Waals surface area contributed by atoms with E-state index in [1.54, 1.807) is 0 Å². The number of nitrogens with one attached hydrogen (secondary N) is 1. The second-order valence-electron chi connectivity index (χ2n) is 2.46. The molecule has 0 aliphatic heterocycles. The quantitative estimate of drug-likeness (QED) is 0.544. The van der Waals surface area contributed by atoms with Crippen LogP contribution in [0.2, 0.25) is 0 Å². The molecule has 1 N–H and O–H groups in total. The summed E-state index contributed by atoms with van der Waals surface area (Å²) < 4.78 is 3.23. The first kappa shape index (κ1) is 11.0. The Morgan fingerprint density at radius 3 is 2.54 bits per heavy atom. The minimum atomic E-state index is 0. The zero-order chi connectivity index (χ0) is 8.39. The third-order valence-electron chi connectivity index (χ3n) is 1.66. The Labute approximate surface area is 108 Å². The summed E-state index contributed by atoms with van der Waals surface area (Å²) in [5.74, 6) is 0. The number of hydrogen-bond donors (Lipinski definition) is 0. The lowest BCUT2D eigenvalue weighted by atomic mass is 10.3. The number of nitrogens with zero attached hydrogens (tertiary/aromatic N) is 1. The van der Waals surface area contributed by atoms with Crippen LogP contribution in [0.3, 0.4) is 0 Å². The van der Waals surface area contributed by atoms with E-state index in [-0.39, 0.29) is 24.0 Å². The number of H-pyrrole nitrogens is 1. The van der Waals surface area contributed by atoms with Crippen molar-refractivity contribution in [1.29, 1.82) is 0 Å². The van der Waals surface area contributed by atoms with E-state index in [1.165, 1.54) is 9.26 Å². The molecule has 0 saturated carbocycles. The van der Waals surface area contributed by atoms with Crippen LogP contribution in [0, 0.1) is 3.57 Å². The molecule has 2 aromatic rings. The molecule has 0 bridgehead atoms. The van der Waals surface area contributed by atoms with Crippen LogP contribution in [0.15, 0.2) is 42.7 Å². The molecule has 2 rings (SSSR count). The van der Waals surface area contributed by atoms with E-state index in [0.717, 1.165) is 0 Å². The SMILES string of the molecule is Ic1ccccc1-n1ccc[nH+]1.[I-]. The van der Waals surface area contributed by atoms with Gasteiger partial charge in [0.1, 0.15) is 5.69 Å². The standard InChI is InChI=1S/C9H7IN2.HI/c10-8-4-1-2-5-9(8)12-7-3-6-11-12;/h1-7H;1H. The third kappa shape index (κ3) is 2.43. The molecule has 2 nitrogen and oxygen atoms in total. The van der Waals surface area contributed by atoms with E-state index in [9.17, 15) is 0 Å². The zero-order valence-electron chi connectivity index (χ0n) is 6.74. The largest absolute Gasteiger partial charge is 1.00 e. The number of halogens is 2. The van der Waals surface area contributed by atoms with E-state index in [0.29, 0.717) is 0 Å². The molecule has 68 valence electrons. The molecule has 1 aromatic carbocycles. The monoisotopic (exact) mass is 398 g/mol. The van der Waals surface area contributed by atoms with Crippen LogP contribution in [0.5, 0.6) is 0 Å². The fourth-order valence-corrected chi connectivity index (χ4v) is 1.74. The fourth-order valence-electron chi connectivity index (χ4n) is 1.09. The molecule has 0 unspecified atom stereocenters. The second-order valence-corrected chi connectivity index (χ2v) is 3.62. The first-order valence-corrected chi connectivity index (χ1v) is 4.76. The highest BCUT2D eigenvalue weighted by Gasteiger charge is 2.02. The lowest BCUT2D eigenvalue weighted by Crippen LogP contribution is -3.00. The summed E-state index contributed by atoms with van der Waals surface area (Å²) >= 11 is 2.32. The first-order chi connectivity index (χ1) is 5.88. The number of benzene rings is 1. The van der Waals surface area contributed by atoms with Crippen molar-refractivity contribution in [3.05, 3.63) is 46.3 Å². The average molecular weight is 398 g/mol. The minimum Gasteiger partial charge on any atom is -1.00 e. The maximum absolute atomic E-state index is 3.11. The van der Waals surface area contributed by atoms with Crippen molar-refractivity contribution in [3.63, 3.8) is 0 Å². The second kappa shape index (κ2) is 4.94. The van der Waals surface area contributed by atoms with Crippen molar-refractivity contribution in [2.45, 2.75) is 0 Å². The molecule has 0 radical (unpaired) electrons. The van der Waals surface area contributed by atoms with E-state index >= 15 is 0 Å². The lowest BCUT2D eigenvalue weighted by molar-refractivity contribution is -0.474. The maximum Gasteiger partial charge on any atom is 0.193 e. The molecular formula is C9H8I2N2. The highest BCUT2D eigenvalue weighted by atomic mass is 127. The Bertz CT molecular complexity index is 371. The van der Waals surface area contributed by atoms with Gasteiger partial charge in [0.2, 0.25) is 0 Å². The van der Waals surface area contributed by atoms with Gasteiger partial charge in [0, 0.05) is 9.64 Å². The Morgan fingerprint density at radius 2 is 1.92 bits per heavy atom. The van der Waals surface area contributed by atoms with Crippen LogP contribution in [0.1, 0.15) is 0 Å². The molecule has 1 heterocycles. The average Bonchev–Trinajstić information content (AvgIpc) is 2.57. The van der Waals surface area contributed by atoms with Gasteiger partial charge in [-0.2, -0.15) is 0 Å². The Kier molecular flexibility index (Phi) is 4.17. The summed E-state index contributed by atoms with van der Waals surface area (Å²) in [4.78, 5) is 0. The van der Waals surface area contributed by atoms with Crippen LogP contribution >= 0.6 is 22.6 Å². The Balaban J connectivity index is 0.000000845. The Hall–Kier alpha value is -0.110. The van der Waals surface area contributed by atoms with Gasteiger partial charge in [-0.15, -0.1) is 9.78 Å². The smallest absolute Gasteiger partial charge is 0.193 e. The van der Waals surface area contributed by atoms with E-state index < -0.39 is 0 Å². The first-order valence-electron chi connectivity index (χ1n) is 3.68. The van der Waals surface area contributed by atoms with Crippen molar-refractivity contribution < 1.29 is 29.1 Å². The summed E-state index contributed by atoms with van der Waals surface area (Å²) in [5, 5.41) is 3.11. The molecule has 0 aliphatic carbocycles. The summed E-state index contributed by atoms with van der Waals surface area (Å²) in [6, 6.07) is 10.2. The molecule has 13 heavy (non-hydrogen) atoms. The van der Waals surface area contributed by atoms with E-state index in [4.69, 9.17) is 0 Å². The van der Waals surface area contributed by atoms with Crippen LogP contribution < -0.4 is 29.1 Å². The van der Waals surface area contributed by atoms with Gasteiger partial charge in [-0.1, -0.05) is 12.1 Å². The van der Waals surface area contributed by atoms with Crippen LogP contribution in [-0.4, -0.2) is 4.68 Å². The molecule has 0 fully saturated rings. The van der Waals surface area contributed by atoms with Gasteiger partial charge in [0.05, 0.1) is 6.20 Å². The number of aromatic amines is 1. The van der Waals surface area contributed by atoms with Gasteiger partial charge in [-0.05, 0) is 34.7 Å². The van der Waals surface area contributed by atoms with Gasteiger partial charge in [-0.3, -0.25) is 0 Å². The summed E-state index contributed by atoms with van der Waals surface area (Å²) in [6.07, 6.45) is 3.90. The van der Waals surface area contributed by atoms with Crippen molar-refractivity contribution in [2.24, 2.45) is 0 Å². The summed E-state index contributed by atoms with van der Waals surface area (Å²) in [6.45, 7) is 0. The number of aromatic nitrogens is 2. The minimum absolute atomic E-state index is 0.